The van der Waals surface area contributed by atoms with Gasteiger partial charge in [-0.2, -0.15) is 0 Å². The number of nitrogens with one attached hydrogen (secondary N) is 1. The molecule has 0 saturated carbocycles. The largest absolute Gasteiger partial charge is 0.317 e. The summed E-state index contributed by atoms with van der Waals surface area (Å²) in [7, 11) is 0. The lowest BCUT2D eigenvalue weighted by Crippen LogP contribution is -2.39. The molecule has 1 N–H and O–H groups in total. The molecule has 2 rings (SSSR count). The Hall–Kier alpha value is -0.670. The molecule has 1 aliphatic rings. The van der Waals surface area contributed by atoms with Gasteiger partial charge in [0.05, 0.1) is 4.88 Å². The Morgan fingerprint density at radius 3 is 2.79 bits per heavy atom. The molecule has 0 unspecified atom stereocenters. The molecule has 0 amide bonds. The van der Waals surface area contributed by atoms with E-state index >= 15 is 0 Å². The fourth-order valence-corrected chi connectivity index (χ4v) is 2.73. The van der Waals surface area contributed by atoms with Crippen LogP contribution in [0.3, 0.4) is 0 Å². The summed E-state index contributed by atoms with van der Waals surface area (Å²) in [6.45, 7) is 4.02. The van der Waals surface area contributed by atoms with E-state index in [1.165, 1.54) is 0 Å². The van der Waals surface area contributed by atoms with E-state index in [9.17, 15) is 4.79 Å². The third kappa shape index (κ3) is 1.74. The van der Waals surface area contributed by atoms with E-state index < -0.39 is 0 Å². The molecule has 1 aromatic rings. The number of thiophene rings is 1. The summed E-state index contributed by atoms with van der Waals surface area (Å²) < 4.78 is 0. The monoisotopic (exact) mass is 209 g/mol. The quantitative estimate of drug-likeness (QED) is 0.757. The first-order chi connectivity index (χ1) is 6.72. The van der Waals surface area contributed by atoms with E-state index in [1.807, 2.05) is 17.5 Å². The fourth-order valence-electron chi connectivity index (χ4n) is 1.91. The van der Waals surface area contributed by atoms with Gasteiger partial charge in [0.1, 0.15) is 0 Å². The summed E-state index contributed by atoms with van der Waals surface area (Å²) in [6.07, 6.45) is 1.92. The number of ketones is 1. The maximum atomic E-state index is 12.2. The van der Waals surface area contributed by atoms with Crippen LogP contribution in [0, 0.1) is 5.41 Å². The number of carbonyl (C=O) groups excluding carboxylic acids is 1. The minimum Gasteiger partial charge on any atom is -0.317 e. The SMILES string of the molecule is CC1(C(=O)c2cccs2)CCNCC1. The molecule has 3 heteroatoms. The highest BCUT2D eigenvalue weighted by molar-refractivity contribution is 7.12. The van der Waals surface area contributed by atoms with Gasteiger partial charge in [-0.3, -0.25) is 4.79 Å². The minimum atomic E-state index is -0.129. The standard InChI is InChI=1S/C11H15NOS/c1-11(4-6-12-7-5-11)10(13)9-3-2-8-14-9/h2-3,8,12H,4-7H2,1H3. The summed E-state index contributed by atoms with van der Waals surface area (Å²) >= 11 is 1.55. The highest BCUT2D eigenvalue weighted by Crippen LogP contribution is 2.33. The van der Waals surface area contributed by atoms with Gasteiger partial charge in [-0.15, -0.1) is 11.3 Å². The highest BCUT2D eigenvalue weighted by Gasteiger charge is 2.35. The molecule has 0 bridgehead atoms. The van der Waals surface area contributed by atoms with Gasteiger partial charge in [-0.05, 0) is 37.4 Å². The van der Waals surface area contributed by atoms with Crippen molar-refractivity contribution in [1.29, 1.82) is 0 Å². The second kappa shape index (κ2) is 3.83. The molecule has 0 aromatic carbocycles. The van der Waals surface area contributed by atoms with Crippen LogP contribution in [0.15, 0.2) is 17.5 Å². The van der Waals surface area contributed by atoms with Crippen molar-refractivity contribution >= 4 is 17.1 Å². The summed E-state index contributed by atoms with van der Waals surface area (Å²) in [6, 6.07) is 3.88. The molecule has 0 radical (unpaired) electrons. The third-order valence-electron chi connectivity index (χ3n) is 3.00. The molecular weight excluding hydrogens is 194 g/mol. The maximum Gasteiger partial charge on any atom is 0.178 e. The Kier molecular flexibility index (Phi) is 2.70. The zero-order valence-electron chi connectivity index (χ0n) is 8.38. The van der Waals surface area contributed by atoms with E-state index in [1.54, 1.807) is 11.3 Å². The zero-order chi connectivity index (χ0) is 10.0. The first kappa shape index (κ1) is 9.87. The van der Waals surface area contributed by atoms with Crippen molar-refractivity contribution in [3.05, 3.63) is 22.4 Å². The summed E-state index contributed by atoms with van der Waals surface area (Å²) in [5.41, 5.74) is -0.129. The second-order valence-corrected chi connectivity index (χ2v) is 5.06. The molecule has 1 aromatic heterocycles. The van der Waals surface area contributed by atoms with Crippen molar-refractivity contribution in [2.75, 3.05) is 13.1 Å². The number of rotatable bonds is 2. The second-order valence-electron chi connectivity index (χ2n) is 4.12. The Labute approximate surface area is 88.3 Å². The van der Waals surface area contributed by atoms with Crippen LogP contribution in [-0.2, 0) is 0 Å². The Balaban J connectivity index is 2.17. The van der Waals surface area contributed by atoms with Crippen LogP contribution < -0.4 is 5.32 Å². The molecule has 1 saturated heterocycles. The first-order valence-electron chi connectivity index (χ1n) is 5.01. The molecular formula is C11H15NOS. The van der Waals surface area contributed by atoms with Gasteiger partial charge >= 0.3 is 0 Å². The van der Waals surface area contributed by atoms with Crippen LogP contribution in [0.5, 0.6) is 0 Å². The molecule has 0 spiro atoms. The molecule has 2 heterocycles. The van der Waals surface area contributed by atoms with Crippen LogP contribution in [0.25, 0.3) is 0 Å². The topological polar surface area (TPSA) is 29.1 Å². The van der Waals surface area contributed by atoms with Crippen molar-refractivity contribution in [2.45, 2.75) is 19.8 Å². The van der Waals surface area contributed by atoms with E-state index in [0.29, 0.717) is 5.78 Å². The number of Topliss-reactive ketones (excluding diaryl/α,β-unsaturated/α-hetero) is 1. The average Bonchev–Trinajstić information content (AvgIpc) is 2.70. The fraction of sp³-hybridized carbons (Fsp3) is 0.545. The molecule has 0 atom stereocenters. The van der Waals surface area contributed by atoms with Crippen LogP contribution in [0.2, 0.25) is 0 Å². The molecule has 14 heavy (non-hydrogen) atoms. The van der Waals surface area contributed by atoms with Gasteiger partial charge in [0.25, 0.3) is 0 Å². The molecule has 1 aliphatic heterocycles. The van der Waals surface area contributed by atoms with Crippen molar-refractivity contribution in [3.8, 4) is 0 Å². The van der Waals surface area contributed by atoms with Crippen molar-refractivity contribution in [3.63, 3.8) is 0 Å². The summed E-state index contributed by atoms with van der Waals surface area (Å²) in [5, 5.41) is 5.26. The summed E-state index contributed by atoms with van der Waals surface area (Å²) in [5.74, 6) is 0.328. The highest BCUT2D eigenvalue weighted by atomic mass is 32.1. The number of piperidine rings is 1. The number of carbonyl (C=O) groups is 1. The summed E-state index contributed by atoms with van der Waals surface area (Å²) in [4.78, 5) is 13.1. The van der Waals surface area contributed by atoms with Crippen LogP contribution in [0.4, 0.5) is 0 Å². The minimum absolute atomic E-state index is 0.129. The normalized spacial score (nSPS) is 20.6. The van der Waals surface area contributed by atoms with Gasteiger partial charge in [-0.1, -0.05) is 13.0 Å². The Bertz CT molecular complexity index is 312. The van der Waals surface area contributed by atoms with E-state index in [2.05, 4.69) is 12.2 Å². The zero-order valence-corrected chi connectivity index (χ0v) is 9.19. The van der Waals surface area contributed by atoms with E-state index in [4.69, 9.17) is 0 Å². The van der Waals surface area contributed by atoms with Crippen molar-refractivity contribution < 1.29 is 4.79 Å². The van der Waals surface area contributed by atoms with Gasteiger partial charge in [0, 0.05) is 5.41 Å². The van der Waals surface area contributed by atoms with Crippen LogP contribution >= 0.6 is 11.3 Å². The van der Waals surface area contributed by atoms with Gasteiger partial charge in [-0.25, -0.2) is 0 Å². The van der Waals surface area contributed by atoms with Gasteiger partial charge < -0.3 is 5.32 Å². The number of hydrogen-bond donors (Lipinski definition) is 1. The van der Waals surface area contributed by atoms with E-state index in [0.717, 1.165) is 30.8 Å². The maximum absolute atomic E-state index is 12.2. The van der Waals surface area contributed by atoms with Crippen LogP contribution in [-0.4, -0.2) is 18.9 Å². The lowest BCUT2D eigenvalue weighted by Gasteiger charge is -2.32. The Morgan fingerprint density at radius 1 is 1.50 bits per heavy atom. The van der Waals surface area contributed by atoms with Gasteiger partial charge in [0.2, 0.25) is 0 Å². The predicted molar refractivity (Wildman–Crippen MR) is 58.9 cm³/mol. The predicted octanol–water partition coefficient (Wildman–Crippen LogP) is 2.32. The lowest BCUT2D eigenvalue weighted by atomic mass is 9.77. The lowest BCUT2D eigenvalue weighted by molar-refractivity contribution is 0.0767. The first-order valence-corrected chi connectivity index (χ1v) is 5.89. The number of hydrogen-bond acceptors (Lipinski definition) is 3. The third-order valence-corrected chi connectivity index (χ3v) is 3.87. The van der Waals surface area contributed by atoms with Crippen molar-refractivity contribution in [2.24, 2.45) is 5.41 Å². The molecule has 1 fully saturated rings. The molecule has 76 valence electrons. The average molecular weight is 209 g/mol. The van der Waals surface area contributed by atoms with Gasteiger partial charge in [0.15, 0.2) is 5.78 Å². The molecule has 2 nitrogen and oxygen atoms in total. The van der Waals surface area contributed by atoms with Crippen LogP contribution in [0.1, 0.15) is 29.4 Å². The molecule has 0 aliphatic carbocycles. The van der Waals surface area contributed by atoms with E-state index in [-0.39, 0.29) is 5.41 Å². The van der Waals surface area contributed by atoms with Crippen molar-refractivity contribution in [1.82, 2.24) is 5.32 Å². The Morgan fingerprint density at radius 2 is 2.21 bits per heavy atom. The smallest absolute Gasteiger partial charge is 0.178 e.